The van der Waals surface area contributed by atoms with Crippen LogP contribution >= 0.6 is 11.8 Å². The number of hydrogen-bond donors (Lipinski definition) is 1. The van der Waals surface area contributed by atoms with Crippen molar-refractivity contribution >= 4 is 23.4 Å². The monoisotopic (exact) mass is 433 g/mol. The fourth-order valence-electron chi connectivity index (χ4n) is 2.57. The molecule has 0 radical (unpaired) electrons. The lowest BCUT2D eigenvalue weighted by Crippen LogP contribution is -2.13. The van der Waals surface area contributed by atoms with Crippen molar-refractivity contribution in [2.24, 2.45) is 0 Å². The number of para-hydroxylation sites is 2. The number of rotatable bonds is 9. The van der Waals surface area contributed by atoms with Crippen LogP contribution in [-0.4, -0.2) is 21.9 Å². The zero-order valence-electron chi connectivity index (χ0n) is 16.4. The number of nitrogens with one attached hydrogen (secondary N) is 1. The maximum atomic E-state index is 12.2. The number of thioether (sulfide) groups is 1. The Morgan fingerprint density at radius 2 is 1.48 bits per heavy atom. The fraction of sp³-hybridized carbons (Fsp3) is 0.0870. The molecule has 4 aromatic rings. The largest absolute Gasteiger partial charge is 0.484 e. The minimum atomic E-state index is -0.179. The molecule has 0 aliphatic heterocycles. The molecule has 1 amide bonds. The van der Waals surface area contributed by atoms with Crippen LogP contribution in [0.5, 0.6) is 17.2 Å². The molecule has 1 N–H and O–H groups in total. The number of amides is 1. The number of hydrogen-bond acceptors (Lipinski definition) is 7. The van der Waals surface area contributed by atoms with E-state index in [1.54, 1.807) is 24.3 Å². The Balaban J connectivity index is 1.22. The molecule has 0 fully saturated rings. The quantitative estimate of drug-likeness (QED) is 0.364. The zero-order valence-corrected chi connectivity index (χ0v) is 17.2. The Hall–Kier alpha value is -3.78. The average molecular weight is 433 g/mol. The molecule has 0 unspecified atom stereocenters. The normalized spacial score (nSPS) is 10.5. The van der Waals surface area contributed by atoms with Crippen LogP contribution in [-0.2, 0) is 11.4 Å². The molecule has 0 spiro atoms. The smallest absolute Gasteiger partial charge is 0.277 e. The summed E-state index contributed by atoms with van der Waals surface area (Å²) >= 11 is 1.16. The molecule has 1 aromatic heterocycles. The molecule has 0 aliphatic carbocycles. The predicted molar refractivity (Wildman–Crippen MR) is 117 cm³/mol. The third kappa shape index (κ3) is 6.35. The van der Waals surface area contributed by atoms with Crippen molar-refractivity contribution in [3.63, 3.8) is 0 Å². The van der Waals surface area contributed by atoms with E-state index in [1.807, 2.05) is 60.7 Å². The highest BCUT2D eigenvalue weighted by Gasteiger charge is 2.11. The molecule has 156 valence electrons. The zero-order chi connectivity index (χ0) is 21.3. The highest BCUT2D eigenvalue weighted by Crippen LogP contribution is 2.23. The van der Waals surface area contributed by atoms with E-state index in [9.17, 15) is 4.79 Å². The number of benzene rings is 3. The number of carbonyl (C=O) groups excluding carboxylic acids is 1. The minimum Gasteiger partial charge on any atom is -0.484 e. The highest BCUT2D eigenvalue weighted by atomic mass is 32.2. The molecule has 0 bridgehead atoms. The van der Waals surface area contributed by atoms with Gasteiger partial charge in [-0.05, 0) is 48.5 Å². The molecule has 0 saturated heterocycles. The molecule has 7 nitrogen and oxygen atoms in total. The van der Waals surface area contributed by atoms with Crippen LogP contribution in [0.3, 0.4) is 0 Å². The standard InChI is InChI=1S/C23H19N3O4S/c27-21(24-17-11-13-20(14-12-17)29-19-9-5-2-6-10-19)16-31-23-26-25-22(30-23)15-28-18-7-3-1-4-8-18/h1-14H,15-16H2,(H,24,27). The second-order valence-electron chi connectivity index (χ2n) is 6.34. The summed E-state index contributed by atoms with van der Waals surface area (Å²) in [6.45, 7) is 0.168. The van der Waals surface area contributed by atoms with Gasteiger partial charge in [0.15, 0.2) is 6.61 Å². The van der Waals surface area contributed by atoms with Crippen LogP contribution in [0.2, 0.25) is 0 Å². The van der Waals surface area contributed by atoms with Crippen molar-refractivity contribution in [3.05, 3.63) is 90.8 Å². The number of aromatic nitrogens is 2. The summed E-state index contributed by atoms with van der Waals surface area (Å²) in [6.07, 6.45) is 0. The van der Waals surface area contributed by atoms with E-state index in [0.29, 0.717) is 22.6 Å². The molecule has 0 atom stereocenters. The lowest BCUT2D eigenvalue weighted by Gasteiger charge is -2.07. The molecule has 4 rings (SSSR count). The molecule has 31 heavy (non-hydrogen) atoms. The lowest BCUT2D eigenvalue weighted by atomic mass is 10.3. The van der Waals surface area contributed by atoms with E-state index in [-0.39, 0.29) is 18.3 Å². The Kier molecular flexibility index (Phi) is 6.81. The van der Waals surface area contributed by atoms with Gasteiger partial charge in [0.25, 0.3) is 11.1 Å². The van der Waals surface area contributed by atoms with Gasteiger partial charge in [0, 0.05) is 5.69 Å². The SMILES string of the molecule is O=C(CSc1nnc(COc2ccccc2)o1)Nc1ccc(Oc2ccccc2)cc1. The van der Waals surface area contributed by atoms with Crippen molar-refractivity contribution in [2.45, 2.75) is 11.8 Å². The fourth-order valence-corrected chi connectivity index (χ4v) is 3.15. The molecule has 8 heteroatoms. The Morgan fingerprint density at radius 1 is 0.839 bits per heavy atom. The Bertz CT molecular complexity index is 1100. The summed E-state index contributed by atoms with van der Waals surface area (Å²) in [7, 11) is 0. The van der Waals surface area contributed by atoms with Gasteiger partial charge in [-0.15, -0.1) is 10.2 Å². The van der Waals surface area contributed by atoms with Crippen molar-refractivity contribution in [1.82, 2.24) is 10.2 Å². The van der Waals surface area contributed by atoms with Gasteiger partial charge in [-0.2, -0.15) is 0 Å². The van der Waals surface area contributed by atoms with Crippen LogP contribution in [0.15, 0.2) is 94.6 Å². The first-order chi connectivity index (χ1) is 15.2. The maximum Gasteiger partial charge on any atom is 0.277 e. The first kappa shape index (κ1) is 20.5. The second-order valence-corrected chi connectivity index (χ2v) is 7.27. The summed E-state index contributed by atoms with van der Waals surface area (Å²) in [5.74, 6) is 2.47. The lowest BCUT2D eigenvalue weighted by molar-refractivity contribution is -0.113. The van der Waals surface area contributed by atoms with E-state index in [2.05, 4.69) is 15.5 Å². The molecule has 3 aromatic carbocycles. The van der Waals surface area contributed by atoms with E-state index >= 15 is 0 Å². The van der Waals surface area contributed by atoms with Crippen molar-refractivity contribution < 1.29 is 18.7 Å². The van der Waals surface area contributed by atoms with Gasteiger partial charge in [0.1, 0.15) is 17.2 Å². The van der Waals surface area contributed by atoms with E-state index in [0.717, 1.165) is 23.3 Å². The summed E-state index contributed by atoms with van der Waals surface area (Å²) in [4.78, 5) is 12.2. The van der Waals surface area contributed by atoms with Crippen LogP contribution in [0, 0.1) is 0 Å². The van der Waals surface area contributed by atoms with Gasteiger partial charge in [0.2, 0.25) is 5.91 Å². The Morgan fingerprint density at radius 3 is 2.19 bits per heavy atom. The third-order valence-corrected chi connectivity index (χ3v) is 4.82. The van der Waals surface area contributed by atoms with Crippen LogP contribution in [0.1, 0.15) is 5.89 Å². The van der Waals surface area contributed by atoms with Gasteiger partial charge < -0.3 is 19.2 Å². The number of anilines is 1. The summed E-state index contributed by atoms with van der Waals surface area (Å²) in [5.41, 5.74) is 0.675. The van der Waals surface area contributed by atoms with Crippen LogP contribution in [0.4, 0.5) is 5.69 Å². The number of carbonyl (C=O) groups is 1. The minimum absolute atomic E-state index is 0.142. The second kappa shape index (κ2) is 10.3. The van der Waals surface area contributed by atoms with Crippen LogP contribution < -0.4 is 14.8 Å². The number of nitrogens with zero attached hydrogens (tertiary/aromatic N) is 2. The van der Waals surface area contributed by atoms with E-state index in [4.69, 9.17) is 13.9 Å². The molecule has 0 saturated carbocycles. The molecule has 0 aliphatic rings. The third-order valence-electron chi connectivity index (χ3n) is 4.00. The van der Waals surface area contributed by atoms with Gasteiger partial charge in [-0.25, -0.2) is 0 Å². The highest BCUT2D eigenvalue weighted by molar-refractivity contribution is 7.99. The Labute approximate surface area is 183 Å². The van der Waals surface area contributed by atoms with Crippen molar-refractivity contribution in [2.75, 3.05) is 11.1 Å². The van der Waals surface area contributed by atoms with Crippen LogP contribution in [0.25, 0.3) is 0 Å². The van der Waals surface area contributed by atoms with E-state index in [1.165, 1.54) is 0 Å². The van der Waals surface area contributed by atoms with Gasteiger partial charge in [-0.1, -0.05) is 48.2 Å². The molecular formula is C23H19N3O4S. The van der Waals surface area contributed by atoms with Crippen molar-refractivity contribution in [1.29, 1.82) is 0 Å². The molecular weight excluding hydrogens is 414 g/mol. The van der Waals surface area contributed by atoms with Crippen molar-refractivity contribution in [3.8, 4) is 17.2 Å². The summed E-state index contributed by atoms with van der Waals surface area (Å²) in [6, 6.07) is 26.0. The van der Waals surface area contributed by atoms with Gasteiger partial charge in [-0.3, -0.25) is 4.79 Å². The van der Waals surface area contributed by atoms with Gasteiger partial charge in [0.05, 0.1) is 5.75 Å². The van der Waals surface area contributed by atoms with E-state index < -0.39 is 0 Å². The summed E-state index contributed by atoms with van der Waals surface area (Å²) in [5, 5.41) is 11.0. The predicted octanol–water partition coefficient (Wildman–Crippen LogP) is 5.17. The average Bonchev–Trinajstić information content (AvgIpc) is 3.27. The maximum absolute atomic E-state index is 12.2. The molecule has 1 heterocycles. The first-order valence-electron chi connectivity index (χ1n) is 9.50. The topological polar surface area (TPSA) is 86.5 Å². The van der Waals surface area contributed by atoms with Gasteiger partial charge >= 0.3 is 0 Å². The number of ether oxygens (including phenoxy) is 2. The summed E-state index contributed by atoms with van der Waals surface area (Å²) < 4.78 is 16.8. The first-order valence-corrected chi connectivity index (χ1v) is 10.5.